The van der Waals surface area contributed by atoms with Crippen LogP contribution in [-0.4, -0.2) is 37.9 Å². The first kappa shape index (κ1) is 57.9. The first-order valence-electron chi connectivity index (χ1n) is 26.2. The maximum atomic E-state index is 12.8. The molecule has 0 radical (unpaired) electrons. The fourth-order valence-corrected chi connectivity index (χ4v) is 7.34. The fraction of sp³-hybridized carbons (Fsp3) is 0.818. The summed E-state index contributed by atoms with van der Waals surface area (Å²) in [5, 5.41) is 0. The molecule has 60 heavy (non-hydrogen) atoms. The Morgan fingerprint density at radius 1 is 0.367 bits per heavy atom. The van der Waals surface area contributed by atoms with Gasteiger partial charge in [0.15, 0.2) is 6.10 Å². The molecule has 0 aliphatic heterocycles. The third-order valence-electron chi connectivity index (χ3n) is 11.3. The average Bonchev–Trinajstić information content (AvgIpc) is 3.25. The number of carbonyl (C=O) groups excluding carboxylic acids is 2. The van der Waals surface area contributed by atoms with Gasteiger partial charge in [0.2, 0.25) is 0 Å². The third-order valence-corrected chi connectivity index (χ3v) is 11.3. The average molecular weight is 841 g/mol. The van der Waals surface area contributed by atoms with Crippen LogP contribution in [0.1, 0.15) is 265 Å². The van der Waals surface area contributed by atoms with Crippen molar-refractivity contribution >= 4 is 11.9 Å². The number of hydrogen-bond acceptors (Lipinski definition) is 5. The molecular formula is C55H100O5. The summed E-state index contributed by atoms with van der Waals surface area (Å²) in [5.74, 6) is -0.408. The van der Waals surface area contributed by atoms with Gasteiger partial charge in [0.1, 0.15) is 6.61 Å². The van der Waals surface area contributed by atoms with Crippen LogP contribution in [0, 0.1) is 0 Å². The van der Waals surface area contributed by atoms with Gasteiger partial charge in [0, 0.05) is 19.4 Å². The molecule has 5 nitrogen and oxygen atoms in total. The summed E-state index contributed by atoms with van der Waals surface area (Å²) in [5.41, 5.74) is 0. The molecule has 0 saturated heterocycles. The van der Waals surface area contributed by atoms with E-state index >= 15 is 0 Å². The standard InChI is InChI=1S/C55H100O5/c1-4-7-10-13-16-19-22-24-26-27-28-29-30-31-34-36-39-42-45-48-54(56)59-52-53(60-55(57)49-46-43-40-37-33-21-18-15-12-9-6-3)51-58-50-47-44-41-38-35-32-25-23-20-17-14-11-8-5-2/h15-16,18-20,23-24,26,53H,4-14,17,21-22,25,27-52H2,1-3H3/b18-15-,19-16-,23-20-,26-24-. The summed E-state index contributed by atoms with van der Waals surface area (Å²) in [6.07, 6.45) is 62.6. The van der Waals surface area contributed by atoms with Crippen LogP contribution >= 0.6 is 0 Å². The second-order valence-electron chi connectivity index (χ2n) is 17.4. The molecule has 0 aromatic carbocycles. The van der Waals surface area contributed by atoms with Crippen molar-refractivity contribution in [2.75, 3.05) is 19.8 Å². The molecule has 0 aliphatic rings. The monoisotopic (exact) mass is 841 g/mol. The molecular weight excluding hydrogens is 741 g/mol. The number of carbonyl (C=O) groups is 2. The highest BCUT2D eigenvalue weighted by Gasteiger charge is 2.17. The van der Waals surface area contributed by atoms with E-state index in [9.17, 15) is 9.59 Å². The molecule has 0 heterocycles. The number of esters is 2. The second-order valence-corrected chi connectivity index (χ2v) is 17.4. The van der Waals surface area contributed by atoms with Crippen molar-refractivity contribution < 1.29 is 23.8 Å². The zero-order valence-corrected chi connectivity index (χ0v) is 40.2. The lowest BCUT2D eigenvalue weighted by Crippen LogP contribution is -2.30. The summed E-state index contributed by atoms with van der Waals surface area (Å²) in [4.78, 5) is 25.4. The maximum absolute atomic E-state index is 12.8. The third kappa shape index (κ3) is 48.5. The van der Waals surface area contributed by atoms with Gasteiger partial charge in [-0.25, -0.2) is 0 Å². The van der Waals surface area contributed by atoms with E-state index in [2.05, 4.69) is 69.4 Å². The summed E-state index contributed by atoms with van der Waals surface area (Å²) < 4.78 is 17.4. The minimum Gasteiger partial charge on any atom is -0.462 e. The van der Waals surface area contributed by atoms with E-state index in [-0.39, 0.29) is 25.2 Å². The number of rotatable bonds is 48. The summed E-state index contributed by atoms with van der Waals surface area (Å²) in [6, 6.07) is 0. The largest absolute Gasteiger partial charge is 0.462 e. The second kappa shape index (κ2) is 51.2. The van der Waals surface area contributed by atoms with E-state index in [1.807, 2.05) is 0 Å². The molecule has 0 amide bonds. The van der Waals surface area contributed by atoms with Crippen molar-refractivity contribution in [2.45, 2.75) is 271 Å². The van der Waals surface area contributed by atoms with Crippen LogP contribution in [0.4, 0.5) is 0 Å². The van der Waals surface area contributed by atoms with E-state index in [0.29, 0.717) is 19.4 Å². The highest BCUT2D eigenvalue weighted by Crippen LogP contribution is 2.14. The van der Waals surface area contributed by atoms with E-state index in [4.69, 9.17) is 14.2 Å². The maximum Gasteiger partial charge on any atom is 0.306 e. The van der Waals surface area contributed by atoms with E-state index in [1.165, 1.54) is 173 Å². The molecule has 0 bridgehead atoms. The lowest BCUT2D eigenvalue weighted by atomic mass is 10.1. The van der Waals surface area contributed by atoms with Crippen LogP contribution in [0.15, 0.2) is 48.6 Å². The van der Waals surface area contributed by atoms with Gasteiger partial charge in [-0.3, -0.25) is 9.59 Å². The highest BCUT2D eigenvalue weighted by molar-refractivity contribution is 5.70. The topological polar surface area (TPSA) is 61.8 Å². The van der Waals surface area contributed by atoms with Crippen molar-refractivity contribution in [1.82, 2.24) is 0 Å². The van der Waals surface area contributed by atoms with Crippen LogP contribution in [0.25, 0.3) is 0 Å². The predicted octanol–water partition coefficient (Wildman–Crippen LogP) is 17.6. The molecule has 350 valence electrons. The van der Waals surface area contributed by atoms with Gasteiger partial charge in [-0.05, 0) is 96.3 Å². The van der Waals surface area contributed by atoms with Gasteiger partial charge in [-0.1, -0.05) is 204 Å². The first-order chi connectivity index (χ1) is 29.6. The molecule has 0 aromatic heterocycles. The Balaban J connectivity index is 4.21. The van der Waals surface area contributed by atoms with Crippen molar-refractivity contribution in [3.05, 3.63) is 48.6 Å². The molecule has 0 aromatic rings. The fourth-order valence-electron chi connectivity index (χ4n) is 7.34. The molecule has 0 spiro atoms. The minimum atomic E-state index is -0.543. The van der Waals surface area contributed by atoms with Crippen molar-refractivity contribution in [2.24, 2.45) is 0 Å². The van der Waals surface area contributed by atoms with Crippen molar-refractivity contribution in [3.8, 4) is 0 Å². The lowest BCUT2D eigenvalue weighted by Gasteiger charge is -2.18. The molecule has 5 heteroatoms. The van der Waals surface area contributed by atoms with E-state index < -0.39 is 6.10 Å². The van der Waals surface area contributed by atoms with Crippen molar-refractivity contribution in [1.29, 1.82) is 0 Å². The highest BCUT2D eigenvalue weighted by atomic mass is 16.6. The van der Waals surface area contributed by atoms with Gasteiger partial charge in [0.25, 0.3) is 0 Å². The van der Waals surface area contributed by atoms with E-state index in [1.54, 1.807) is 0 Å². The molecule has 1 unspecified atom stereocenters. The summed E-state index contributed by atoms with van der Waals surface area (Å²) >= 11 is 0. The van der Waals surface area contributed by atoms with Crippen molar-refractivity contribution in [3.63, 3.8) is 0 Å². The molecule has 0 N–H and O–H groups in total. The van der Waals surface area contributed by atoms with E-state index in [0.717, 1.165) is 57.8 Å². The lowest BCUT2D eigenvalue weighted by molar-refractivity contribution is -0.163. The normalized spacial score (nSPS) is 12.5. The van der Waals surface area contributed by atoms with Crippen LogP contribution < -0.4 is 0 Å². The summed E-state index contributed by atoms with van der Waals surface area (Å²) in [6.45, 7) is 7.75. The number of hydrogen-bond donors (Lipinski definition) is 0. The van der Waals surface area contributed by atoms with Gasteiger partial charge in [-0.2, -0.15) is 0 Å². The minimum absolute atomic E-state index is 0.0789. The Morgan fingerprint density at radius 3 is 1.20 bits per heavy atom. The Hall–Kier alpha value is -2.14. The van der Waals surface area contributed by atoms with Gasteiger partial charge < -0.3 is 14.2 Å². The van der Waals surface area contributed by atoms with Gasteiger partial charge in [0.05, 0.1) is 6.61 Å². The molecule has 0 rings (SSSR count). The number of allylic oxidation sites excluding steroid dienone is 8. The van der Waals surface area contributed by atoms with Gasteiger partial charge in [-0.15, -0.1) is 0 Å². The molecule has 0 fully saturated rings. The van der Waals surface area contributed by atoms with Crippen LogP contribution in [0.5, 0.6) is 0 Å². The zero-order valence-electron chi connectivity index (χ0n) is 40.2. The number of ether oxygens (including phenoxy) is 3. The van der Waals surface area contributed by atoms with Crippen LogP contribution in [-0.2, 0) is 23.8 Å². The Morgan fingerprint density at radius 2 is 0.717 bits per heavy atom. The number of unbranched alkanes of at least 4 members (excludes halogenated alkanes) is 29. The summed E-state index contributed by atoms with van der Waals surface area (Å²) in [7, 11) is 0. The quantitative estimate of drug-likeness (QED) is 0.0347. The van der Waals surface area contributed by atoms with Gasteiger partial charge >= 0.3 is 11.9 Å². The predicted molar refractivity (Wildman–Crippen MR) is 261 cm³/mol. The Labute approximate surface area is 373 Å². The van der Waals surface area contributed by atoms with Crippen LogP contribution in [0.3, 0.4) is 0 Å². The first-order valence-corrected chi connectivity index (χ1v) is 26.2. The molecule has 0 aliphatic carbocycles. The SMILES string of the molecule is CCCC/C=C\CCCCCCCC(=O)OC(COCCCCCCCC/C=C\CCCCCC)COC(=O)CCCCCCCCCCC/C=C\C/C=C\CCCCC. The Kier molecular flexibility index (Phi) is 49.4. The molecule has 0 saturated carbocycles. The Bertz CT molecular complexity index is 997. The molecule has 1 atom stereocenters. The smallest absolute Gasteiger partial charge is 0.306 e. The van der Waals surface area contributed by atoms with Crippen LogP contribution in [0.2, 0.25) is 0 Å². The zero-order chi connectivity index (χ0) is 43.5.